The molecular formula is C19H24N2O2S. The predicted molar refractivity (Wildman–Crippen MR) is 99.1 cm³/mol. The Morgan fingerprint density at radius 3 is 2.58 bits per heavy atom. The molecular weight excluding hydrogens is 320 g/mol. The summed E-state index contributed by atoms with van der Waals surface area (Å²) < 4.78 is 2.08. The molecule has 1 aliphatic rings. The molecule has 2 aromatic rings. The van der Waals surface area contributed by atoms with Gasteiger partial charge in [0.15, 0.2) is 0 Å². The molecule has 1 amide bonds. The van der Waals surface area contributed by atoms with Crippen molar-refractivity contribution in [3.05, 3.63) is 53.3 Å². The lowest BCUT2D eigenvalue weighted by Crippen LogP contribution is -2.45. The highest BCUT2D eigenvalue weighted by Crippen LogP contribution is 2.26. The van der Waals surface area contributed by atoms with Crippen LogP contribution in [0.4, 0.5) is 0 Å². The fraction of sp³-hybridized carbons (Fsp3) is 0.421. The Labute approximate surface area is 147 Å². The Morgan fingerprint density at radius 1 is 1.25 bits per heavy atom. The number of benzene rings is 1. The summed E-state index contributed by atoms with van der Waals surface area (Å²) in [4.78, 5) is 12.6. The Morgan fingerprint density at radius 2 is 1.92 bits per heavy atom. The van der Waals surface area contributed by atoms with Gasteiger partial charge in [-0.25, -0.2) is 0 Å². The van der Waals surface area contributed by atoms with Crippen molar-refractivity contribution >= 4 is 17.7 Å². The average Bonchev–Trinajstić information content (AvgIpc) is 2.89. The number of aromatic nitrogens is 1. The number of nitrogens with one attached hydrogen (secondary N) is 1. The number of aryl methyl sites for hydroxylation is 1. The molecule has 24 heavy (non-hydrogen) atoms. The van der Waals surface area contributed by atoms with Crippen molar-refractivity contribution in [1.29, 1.82) is 0 Å². The molecule has 0 aliphatic carbocycles. The van der Waals surface area contributed by atoms with E-state index in [1.807, 2.05) is 62.0 Å². The van der Waals surface area contributed by atoms with Crippen LogP contribution in [0.25, 0.3) is 5.69 Å². The van der Waals surface area contributed by atoms with Crippen LogP contribution in [0.3, 0.4) is 0 Å². The second-order valence-electron chi connectivity index (χ2n) is 6.48. The lowest BCUT2D eigenvalue weighted by molar-refractivity contribution is 0.0311. The summed E-state index contributed by atoms with van der Waals surface area (Å²) in [7, 11) is 0. The smallest absolute Gasteiger partial charge is 0.253 e. The van der Waals surface area contributed by atoms with Crippen molar-refractivity contribution in [2.45, 2.75) is 32.3 Å². The zero-order valence-electron chi connectivity index (χ0n) is 14.2. The lowest BCUT2D eigenvalue weighted by atomic mass is 9.97. The minimum Gasteiger partial charge on any atom is -0.388 e. The number of thioether (sulfide) groups is 1. The van der Waals surface area contributed by atoms with Crippen molar-refractivity contribution in [2.24, 2.45) is 0 Å². The molecule has 3 rings (SSSR count). The van der Waals surface area contributed by atoms with Crippen LogP contribution in [0.2, 0.25) is 0 Å². The first kappa shape index (κ1) is 17.1. The van der Waals surface area contributed by atoms with Crippen molar-refractivity contribution in [3.63, 3.8) is 0 Å². The first-order chi connectivity index (χ1) is 11.5. The van der Waals surface area contributed by atoms with Crippen LogP contribution in [0.5, 0.6) is 0 Å². The largest absolute Gasteiger partial charge is 0.388 e. The number of hydrogen-bond donors (Lipinski definition) is 2. The summed E-state index contributed by atoms with van der Waals surface area (Å²) in [6.07, 6.45) is 1.47. The number of carbonyl (C=O) groups is 1. The summed E-state index contributed by atoms with van der Waals surface area (Å²) in [5.74, 6) is 1.79. The highest BCUT2D eigenvalue weighted by Gasteiger charge is 2.30. The van der Waals surface area contributed by atoms with Crippen LogP contribution in [0, 0.1) is 13.8 Å². The molecule has 1 saturated heterocycles. The number of hydrogen-bond acceptors (Lipinski definition) is 3. The quantitative estimate of drug-likeness (QED) is 0.896. The Hall–Kier alpha value is -1.72. The molecule has 0 saturated carbocycles. The normalized spacial score (nSPS) is 16.8. The molecule has 1 aromatic heterocycles. The number of carbonyl (C=O) groups excluding carboxylic acids is 1. The van der Waals surface area contributed by atoms with Crippen LogP contribution >= 0.6 is 11.8 Å². The minimum absolute atomic E-state index is 0.114. The molecule has 1 aromatic carbocycles. The third-order valence-electron chi connectivity index (χ3n) is 4.69. The monoisotopic (exact) mass is 344 g/mol. The van der Waals surface area contributed by atoms with Gasteiger partial charge in [-0.1, -0.05) is 18.2 Å². The highest BCUT2D eigenvalue weighted by atomic mass is 32.2. The Kier molecular flexibility index (Phi) is 5.01. The van der Waals surface area contributed by atoms with E-state index in [0.29, 0.717) is 12.1 Å². The summed E-state index contributed by atoms with van der Waals surface area (Å²) in [6.45, 7) is 4.28. The average molecular weight is 344 g/mol. The Balaban J connectivity index is 1.76. The zero-order chi connectivity index (χ0) is 17.2. The van der Waals surface area contributed by atoms with E-state index in [9.17, 15) is 9.90 Å². The fourth-order valence-corrected chi connectivity index (χ4v) is 4.49. The third-order valence-corrected chi connectivity index (χ3v) is 5.68. The first-order valence-electron chi connectivity index (χ1n) is 8.33. The van der Waals surface area contributed by atoms with Crippen molar-refractivity contribution in [2.75, 3.05) is 18.1 Å². The van der Waals surface area contributed by atoms with E-state index in [-0.39, 0.29) is 5.91 Å². The summed E-state index contributed by atoms with van der Waals surface area (Å²) in [5, 5.41) is 13.5. The SMILES string of the molecule is Cc1cc(C(=O)NCC2(O)CCSCC2)c(C)n1-c1ccccc1. The molecule has 2 N–H and O–H groups in total. The van der Waals surface area contributed by atoms with Gasteiger partial charge in [0.25, 0.3) is 5.91 Å². The summed E-state index contributed by atoms with van der Waals surface area (Å²) in [5.41, 5.74) is 2.91. The molecule has 0 bridgehead atoms. The van der Waals surface area contributed by atoms with Crippen LogP contribution in [0.15, 0.2) is 36.4 Å². The lowest BCUT2D eigenvalue weighted by Gasteiger charge is -2.31. The maximum Gasteiger partial charge on any atom is 0.253 e. The highest BCUT2D eigenvalue weighted by molar-refractivity contribution is 7.99. The van der Waals surface area contributed by atoms with Crippen LogP contribution in [-0.4, -0.2) is 39.2 Å². The molecule has 0 spiro atoms. The maximum atomic E-state index is 12.6. The molecule has 1 aliphatic heterocycles. The van der Waals surface area contributed by atoms with Crippen molar-refractivity contribution < 1.29 is 9.90 Å². The second kappa shape index (κ2) is 7.03. The molecule has 2 heterocycles. The molecule has 0 radical (unpaired) electrons. The van der Waals surface area contributed by atoms with Gasteiger partial charge in [0.2, 0.25) is 0 Å². The number of rotatable bonds is 4. The molecule has 4 nitrogen and oxygen atoms in total. The number of nitrogens with zero attached hydrogens (tertiary/aromatic N) is 1. The maximum absolute atomic E-state index is 12.6. The van der Waals surface area contributed by atoms with Gasteiger partial charge >= 0.3 is 0 Å². The van der Waals surface area contributed by atoms with Crippen molar-refractivity contribution in [3.8, 4) is 5.69 Å². The first-order valence-corrected chi connectivity index (χ1v) is 9.48. The van der Waals surface area contributed by atoms with Gasteiger partial charge in [-0.05, 0) is 56.4 Å². The molecule has 128 valence electrons. The minimum atomic E-state index is -0.758. The van der Waals surface area contributed by atoms with Gasteiger partial charge in [-0.15, -0.1) is 0 Å². The Bertz CT molecular complexity index is 718. The summed E-state index contributed by atoms with van der Waals surface area (Å²) in [6, 6.07) is 11.9. The van der Waals surface area contributed by atoms with Gasteiger partial charge in [0.1, 0.15) is 0 Å². The fourth-order valence-electron chi connectivity index (χ4n) is 3.24. The number of para-hydroxylation sites is 1. The van der Waals surface area contributed by atoms with Gasteiger partial charge in [0.05, 0.1) is 11.2 Å². The van der Waals surface area contributed by atoms with E-state index in [1.54, 1.807) is 0 Å². The van der Waals surface area contributed by atoms with Gasteiger partial charge in [-0.3, -0.25) is 4.79 Å². The second-order valence-corrected chi connectivity index (χ2v) is 7.70. The van der Waals surface area contributed by atoms with Crippen LogP contribution < -0.4 is 5.32 Å². The van der Waals surface area contributed by atoms with E-state index in [1.165, 1.54) is 0 Å². The number of amides is 1. The van der Waals surface area contributed by atoms with Gasteiger partial charge < -0.3 is 15.0 Å². The zero-order valence-corrected chi connectivity index (χ0v) is 15.0. The molecule has 5 heteroatoms. The third kappa shape index (κ3) is 3.52. The number of aliphatic hydroxyl groups is 1. The molecule has 1 fully saturated rings. The molecule has 0 unspecified atom stereocenters. The van der Waals surface area contributed by atoms with Gasteiger partial charge in [0, 0.05) is 23.6 Å². The predicted octanol–water partition coefficient (Wildman–Crippen LogP) is 3.08. The van der Waals surface area contributed by atoms with E-state index in [4.69, 9.17) is 0 Å². The van der Waals surface area contributed by atoms with Crippen LogP contribution in [-0.2, 0) is 0 Å². The summed E-state index contributed by atoms with van der Waals surface area (Å²) >= 11 is 1.86. The van der Waals surface area contributed by atoms with E-state index in [0.717, 1.165) is 41.4 Å². The topological polar surface area (TPSA) is 54.3 Å². The van der Waals surface area contributed by atoms with E-state index in [2.05, 4.69) is 9.88 Å². The standard InChI is InChI=1S/C19H24N2O2S/c1-14-12-17(15(2)21(14)16-6-4-3-5-7-16)18(22)20-13-19(23)8-10-24-11-9-19/h3-7,12,23H,8-11,13H2,1-2H3,(H,20,22). The van der Waals surface area contributed by atoms with E-state index < -0.39 is 5.60 Å². The van der Waals surface area contributed by atoms with E-state index >= 15 is 0 Å². The van der Waals surface area contributed by atoms with Gasteiger partial charge in [-0.2, -0.15) is 11.8 Å². The van der Waals surface area contributed by atoms with Crippen LogP contribution in [0.1, 0.15) is 34.6 Å². The van der Waals surface area contributed by atoms with Crippen molar-refractivity contribution in [1.82, 2.24) is 9.88 Å². The molecule has 0 atom stereocenters.